The lowest BCUT2D eigenvalue weighted by Gasteiger charge is -2.63. The molecule has 18 unspecified atom stereocenters. The molecule has 0 N–H and O–H groups in total. The first-order chi connectivity index (χ1) is 43.1. The topological polar surface area (TPSA) is 63.2 Å². The summed E-state index contributed by atoms with van der Waals surface area (Å²) in [5.41, 5.74) is 7.31. The fourth-order valence-corrected chi connectivity index (χ4v) is 23.8. The molecule has 8 aliphatic carbocycles. The van der Waals surface area contributed by atoms with Crippen molar-refractivity contribution in [1.29, 1.82) is 0 Å². The van der Waals surface area contributed by atoms with Crippen molar-refractivity contribution in [3.05, 3.63) is 119 Å². The van der Waals surface area contributed by atoms with Gasteiger partial charge in [0.05, 0.1) is 20.8 Å². The van der Waals surface area contributed by atoms with Crippen molar-refractivity contribution in [2.24, 2.45) is 105 Å². The van der Waals surface area contributed by atoms with Gasteiger partial charge in [-0.1, -0.05) is 156 Å². The smallest absolute Gasteiger partial charge is 0.308 e. The van der Waals surface area contributed by atoms with E-state index in [1.807, 2.05) is 13.0 Å². The molecule has 8 fully saturated rings. The normalized spacial score (nSPS) is 36.5. The van der Waals surface area contributed by atoms with Crippen molar-refractivity contribution < 1.29 is 28.8 Å². The molecule has 18 atom stereocenters. The molecule has 0 saturated heterocycles. The van der Waals surface area contributed by atoms with Crippen LogP contribution in [-0.2, 0) is 20.5 Å². The van der Waals surface area contributed by atoms with E-state index in [4.69, 9.17) is 24.0 Å². The Hall–Kier alpha value is -4.29. The van der Waals surface area contributed by atoms with E-state index in [9.17, 15) is 4.79 Å². The van der Waals surface area contributed by atoms with E-state index in [1.54, 1.807) is 14.2 Å². The molecule has 0 spiro atoms. The van der Waals surface area contributed by atoms with E-state index < -0.39 is 0 Å². The predicted octanol–water partition coefficient (Wildman–Crippen LogP) is 22.5. The molecular weight excluding hydrogens is 1100 g/mol. The van der Waals surface area contributed by atoms with E-state index in [0.717, 1.165) is 107 Å². The van der Waals surface area contributed by atoms with Crippen LogP contribution in [0.25, 0.3) is 0 Å². The molecular formula is C84H122O6. The average Bonchev–Trinajstić information content (AvgIpc) is 0.900. The van der Waals surface area contributed by atoms with E-state index in [1.165, 1.54) is 170 Å². The Balaban J connectivity index is 0.000000186. The minimum Gasteiger partial charge on any atom is -0.497 e. The SMILES string of the molecule is CCOOc1ccc(C2(c3cccc(OC(C)=O)c3)CCC3(C)C(CCC4C3CCC3(C)C(C(C)CCCC(C)C)CCC43)C2)cc1.COc1ccc(C2(c3cccc(OC)c3)CCC3(C)C(CCC4C3CCC3(C)C(C(C)CCCC(C)C)CCC43)C2)cc1. The van der Waals surface area contributed by atoms with Gasteiger partial charge in [-0.15, -0.1) is 0 Å². The van der Waals surface area contributed by atoms with Gasteiger partial charge in [0, 0.05) is 17.8 Å². The molecule has 0 aromatic heterocycles. The molecule has 8 saturated carbocycles. The Morgan fingerprint density at radius 3 is 1.32 bits per heavy atom. The number of esters is 1. The zero-order valence-corrected chi connectivity index (χ0v) is 58.9. The van der Waals surface area contributed by atoms with E-state index in [-0.39, 0.29) is 16.8 Å². The van der Waals surface area contributed by atoms with Gasteiger partial charge < -0.3 is 19.1 Å². The number of benzene rings is 4. The molecule has 494 valence electrons. The van der Waals surface area contributed by atoms with Crippen LogP contribution in [0, 0.1) is 105 Å². The standard InChI is InChI=1S/C43H62O4.C41H60O2/c1-8-45-47-35-18-15-32(16-19-35)43(33-13-10-14-36(27-33)46-31(5)44)26-25-41(6)34(28-43)17-20-37-39-22-21-38(30(4)12-9-11-29(2)3)42(39,7)24-23-40(37)41;1-28(2)10-8-11-29(3)36-20-21-37-35-19-16-32-27-41(30-14-17-33(42-6)18-15-30,31-12-9-13-34(26-31)43-7)25-24-39(32,4)38(35)22-23-40(36,37)5/h10,13-16,18-19,27,29-30,34,37-40H,8-9,11-12,17,20-26,28H2,1-7H3;9,12-15,17-18,26,28-29,32,35-38H,8,10-11,16,19-25,27H2,1-7H3. The summed E-state index contributed by atoms with van der Waals surface area (Å²) in [5.74, 6) is 15.1. The molecule has 8 aliphatic rings. The van der Waals surface area contributed by atoms with Gasteiger partial charge in [0.25, 0.3) is 0 Å². The second kappa shape index (κ2) is 27.6. The molecule has 0 bridgehead atoms. The Morgan fingerprint density at radius 1 is 0.456 bits per heavy atom. The van der Waals surface area contributed by atoms with Crippen LogP contribution >= 0.6 is 0 Å². The highest BCUT2D eigenvalue weighted by atomic mass is 17.2. The quantitative estimate of drug-likeness (QED) is 0.0380. The number of carbonyl (C=O) groups excluding carboxylic acids is 1. The van der Waals surface area contributed by atoms with Crippen molar-refractivity contribution in [3.8, 4) is 23.0 Å². The van der Waals surface area contributed by atoms with Gasteiger partial charge >= 0.3 is 5.97 Å². The average molecular weight is 1230 g/mol. The van der Waals surface area contributed by atoms with E-state index in [2.05, 4.69) is 160 Å². The summed E-state index contributed by atoms with van der Waals surface area (Å²) in [6.45, 7) is 29.6. The van der Waals surface area contributed by atoms with Crippen molar-refractivity contribution in [2.75, 3.05) is 20.8 Å². The zero-order valence-electron chi connectivity index (χ0n) is 58.9. The third-order valence-corrected chi connectivity index (χ3v) is 28.5. The van der Waals surface area contributed by atoms with Gasteiger partial charge in [0.15, 0.2) is 5.75 Å². The van der Waals surface area contributed by atoms with Gasteiger partial charge in [-0.25, -0.2) is 0 Å². The van der Waals surface area contributed by atoms with Crippen LogP contribution in [-0.4, -0.2) is 26.8 Å². The summed E-state index contributed by atoms with van der Waals surface area (Å²) in [7, 11) is 3.57. The highest BCUT2D eigenvalue weighted by Crippen LogP contribution is 2.72. The predicted molar refractivity (Wildman–Crippen MR) is 370 cm³/mol. The second-order valence-electron chi connectivity index (χ2n) is 33.5. The number of methoxy groups -OCH3 is 2. The number of hydrogen-bond donors (Lipinski definition) is 0. The molecule has 4 aromatic rings. The maximum Gasteiger partial charge on any atom is 0.308 e. The Kier molecular flexibility index (Phi) is 20.6. The number of rotatable bonds is 20. The Bertz CT molecular complexity index is 3000. The first-order valence-corrected chi connectivity index (χ1v) is 37.1. The minimum atomic E-state index is -0.272. The molecule has 0 amide bonds. The van der Waals surface area contributed by atoms with Crippen molar-refractivity contribution in [1.82, 2.24) is 0 Å². The summed E-state index contributed by atoms with van der Waals surface area (Å²) in [6, 6.07) is 35.0. The number of fused-ring (bicyclic) bond motifs is 10. The van der Waals surface area contributed by atoms with Gasteiger partial charge in [-0.3, -0.25) is 4.79 Å². The largest absolute Gasteiger partial charge is 0.497 e. The van der Waals surface area contributed by atoms with Crippen molar-refractivity contribution >= 4 is 5.97 Å². The Labute approximate surface area is 547 Å². The molecule has 12 rings (SSSR count). The van der Waals surface area contributed by atoms with Crippen LogP contribution in [0.4, 0.5) is 0 Å². The van der Waals surface area contributed by atoms with Gasteiger partial charge in [0.2, 0.25) is 0 Å². The summed E-state index contributed by atoms with van der Waals surface area (Å²) in [6.07, 6.45) is 33.0. The third-order valence-electron chi connectivity index (χ3n) is 28.5. The van der Waals surface area contributed by atoms with E-state index in [0.29, 0.717) is 39.9 Å². The van der Waals surface area contributed by atoms with Crippen LogP contribution in [0.1, 0.15) is 259 Å². The first kappa shape index (κ1) is 67.1. The summed E-state index contributed by atoms with van der Waals surface area (Å²) in [5, 5.41) is 0. The van der Waals surface area contributed by atoms with Crippen LogP contribution in [0.15, 0.2) is 97.1 Å². The highest BCUT2D eigenvalue weighted by molar-refractivity contribution is 5.69. The van der Waals surface area contributed by atoms with Crippen molar-refractivity contribution in [2.45, 2.75) is 248 Å². The molecule has 4 aromatic carbocycles. The lowest BCUT2D eigenvalue weighted by atomic mass is 9.42. The molecule has 0 aliphatic heterocycles. The van der Waals surface area contributed by atoms with Gasteiger partial charge in [-0.2, -0.15) is 4.89 Å². The summed E-state index contributed by atoms with van der Waals surface area (Å²) >= 11 is 0. The van der Waals surface area contributed by atoms with Crippen LogP contribution in [0.3, 0.4) is 0 Å². The fraction of sp³-hybridized carbons (Fsp3) is 0.702. The van der Waals surface area contributed by atoms with Gasteiger partial charge in [-0.05, 0) is 298 Å². The highest BCUT2D eigenvalue weighted by Gasteiger charge is 2.64. The lowest BCUT2D eigenvalue weighted by molar-refractivity contribution is -0.202. The number of ether oxygens (including phenoxy) is 3. The molecule has 0 radical (unpaired) electrons. The van der Waals surface area contributed by atoms with Crippen LogP contribution in [0.2, 0.25) is 0 Å². The maximum atomic E-state index is 11.9. The fourth-order valence-electron chi connectivity index (χ4n) is 23.8. The molecule has 90 heavy (non-hydrogen) atoms. The summed E-state index contributed by atoms with van der Waals surface area (Å²) in [4.78, 5) is 22.7. The molecule has 6 nitrogen and oxygen atoms in total. The molecule has 0 heterocycles. The van der Waals surface area contributed by atoms with Gasteiger partial charge in [0.1, 0.15) is 17.2 Å². The third kappa shape index (κ3) is 12.8. The van der Waals surface area contributed by atoms with E-state index >= 15 is 0 Å². The number of carbonyl (C=O) groups is 1. The second-order valence-corrected chi connectivity index (χ2v) is 33.5. The van der Waals surface area contributed by atoms with Crippen molar-refractivity contribution in [3.63, 3.8) is 0 Å². The molecule has 6 heteroatoms. The van der Waals surface area contributed by atoms with Crippen LogP contribution in [0.5, 0.6) is 23.0 Å². The minimum absolute atomic E-state index is 0.0326. The maximum absolute atomic E-state index is 11.9. The van der Waals surface area contributed by atoms with Crippen LogP contribution < -0.4 is 19.1 Å². The Morgan fingerprint density at radius 2 is 0.889 bits per heavy atom. The zero-order chi connectivity index (χ0) is 63.8. The summed E-state index contributed by atoms with van der Waals surface area (Å²) < 4.78 is 16.9. The first-order valence-electron chi connectivity index (χ1n) is 37.1. The monoisotopic (exact) mass is 1230 g/mol. The number of hydrogen-bond acceptors (Lipinski definition) is 6. The lowest BCUT2D eigenvalue weighted by Crippen LogP contribution is -2.55.